The Balaban J connectivity index is 1.48. The van der Waals surface area contributed by atoms with Crippen LogP contribution >= 0.6 is 0 Å². The zero-order valence-corrected chi connectivity index (χ0v) is 15.6. The first-order valence-electron chi connectivity index (χ1n) is 8.98. The molecule has 1 saturated heterocycles. The van der Waals surface area contributed by atoms with Crippen LogP contribution in [0.2, 0.25) is 0 Å². The molecular weight excluding hydrogens is 360 g/mol. The van der Waals surface area contributed by atoms with Gasteiger partial charge in [-0.05, 0) is 36.2 Å². The Morgan fingerprint density at radius 1 is 1.21 bits per heavy atom. The number of amides is 4. The number of hydrogen-bond donors (Lipinski definition) is 2. The van der Waals surface area contributed by atoms with Crippen LogP contribution in [-0.4, -0.2) is 47.4 Å². The van der Waals surface area contributed by atoms with Gasteiger partial charge in [-0.3, -0.25) is 19.5 Å². The Hall–Kier alpha value is -3.42. The fourth-order valence-electron chi connectivity index (χ4n) is 2.91. The minimum absolute atomic E-state index is 0.101. The average Bonchev–Trinajstić information content (AvgIpc) is 2.98. The molecule has 1 aromatic heterocycles. The van der Waals surface area contributed by atoms with Crippen LogP contribution in [0.25, 0.3) is 0 Å². The number of nitrogens with zero attached hydrogens (tertiary/aromatic N) is 2. The van der Waals surface area contributed by atoms with Crippen LogP contribution in [0.4, 0.5) is 4.79 Å². The third kappa shape index (κ3) is 4.85. The highest BCUT2D eigenvalue weighted by molar-refractivity contribution is 6.05. The van der Waals surface area contributed by atoms with Crippen molar-refractivity contribution in [2.24, 2.45) is 0 Å². The highest BCUT2D eigenvalue weighted by Gasteiger charge is 2.38. The zero-order valence-electron chi connectivity index (χ0n) is 15.6. The van der Waals surface area contributed by atoms with Gasteiger partial charge in [0.15, 0.2) is 0 Å². The lowest BCUT2D eigenvalue weighted by molar-refractivity contribution is -0.130. The van der Waals surface area contributed by atoms with Gasteiger partial charge in [0.1, 0.15) is 11.8 Å². The quantitative estimate of drug-likeness (QED) is 0.670. The van der Waals surface area contributed by atoms with Crippen molar-refractivity contribution in [1.82, 2.24) is 20.5 Å². The molecule has 2 aromatic rings. The summed E-state index contributed by atoms with van der Waals surface area (Å²) in [5.74, 6) is 0.0447. The topological polar surface area (TPSA) is 101 Å². The minimum atomic E-state index is -0.841. The second-order valence-electron chi connectivity index (χ2n) is 6.39. The molecule has 0 radical (unpaired) electrons. The van der Waals surface area contributed by atoms with Gasteiger partial charge in [-0.15, -0.1) is 0 Å². The minimum Gasteiger partial charge on any atom is -0.497 e. The van der Waals surface area contributed by atoms with Gasteiger partial charge >= 0.3 is 6.03 Å². The molecule has 2 heterocycles. The SMILES string of the molecule is COc1ccc(CCN2C(=O)NC(CC(=O)NCc3ccccn3)C2=O)cc1. The molecule has 1 fully saturated rings. The predicted octanol–water partition coefficient (Wildman–Crippen LogP) is 1.26. The molecule has 146 valence electrons. The molecule has 4 amide bonds. The smallest absolute Gasteiger partial charge is 0.324 e. The van der Waals surface area contributed by atoms with Crippen molar-refractivity contribution in [3.05, 3.63) is 59.9 Å². The number of urea groups is 1. The number of hydrogen-bond acceptors (Lipinski definition) is 5. The summed E-state index contributed by atoms with van der Waals surface area (Å²) in [6.45, 7) is 0.527. The lowest BCUT2D eigenvalue weighted by atomic mass is 10.1. The van der Waals surface area contributed by atoms with E-state index in [1.165, 1.54) is 0 Å². The Labute approximate surface area is 162 Å². The molecule has 1 aliphatic rings. The number of carbonyl (C=O) groups excluding carboxylic acids is 3. The van der Waals surface area contributed by atoms with Gasteiger partial charge in [0.05, 0.1) is 25.8 Å². The normalized spacial score (nSPS) is 16.0. The van der Waals surface area contributed by atoms with Crippen LogP contribution in [0, 0.1) is 0 Å². The molecule has 1 aliphatic heterocycles. The van der Waals surface area contributed by atoms with E-state index in [-0.39, 0.29) is 31.3 Å². The standard InChI is InChI=1S/C20H22N4O4/c1-28-16-7-5-14(6-8-16)9-11-24-19(26)17(23-20(24)27)12-18(25)22-13-15-4-2-3-10-21-15/h2-8,10,17H,9,11-13H2,1H3,(H,22,25)(H,23,27). The van der Waals surface area contributed by atoms with Crippen molar-refractivity contribution in [2.45, 2.75) is 25.4 Å². The number of ether oxygens (including phenoxy) is 1. The second kappa shape index (κ2) is 8.98. The van der Waals surface area contributed by atoms with Gasteiger partial charge in [0.25, 0.3) is 5.91 Å². The number of nitrogens with one attached hydrogen (secondary N) is 2. The van der Waals surface area contributed by atoms with Crippen LogP contribution < -0.4 is 15.4 Å². The lowest BCUT2D eigenvalue weighted by Gasteiger charge is -2.13. The van der Waals surface area contributed by atoms with Crippen molar-refractivity contribution in [1.29, 1.82) is 0 Å². The summed E-state index contributed by atoms with van der Waals surface area (Å²) >= 11 is 0. The van der Waals surface area contributed by atoms with Crippen molar-refractivity contribution in [3.8, 4) is 5.75 Å². The summed E-state index contributed by atoms with van der Waals surface area (Å²) in [7, 11) is 1.59. The number of carbonyl (C=O) groups is 3. The van der Waals surface area contributed by atoms with E-state index in [1.807, 2.05) is 30.3 Å². The van der Waals surface area contributed by atoms with E-state index in [0.29, 0.717) is 6.42 Å². The number of rotatable bonds is 8. The Morgan fingerprint density at radius 3 is 2.68 bits per heavy atom. The number of pyridine rings is 1. The molecule has 8 heteroatoms. The monoisotopic (exact) mass is 382 g/mol. The molecular formula is C20H22N4O4. The first-order valence-corrected chi connectivity index (χ1v) is 8.98. The highest BCUT2D eigenvalue weighted by Crippen LogP contribution is 2.14. The largest absolute Gasteiger partial charge is 0.497 e. The van der Waals surface area contributed by atoms with Gasteiger partial charge in [0, 0.05) is 12.7 Å². The summed E-state index contributed by atoms with van der Waals surface area (Å²) in [5, 5.41) is 5.29. The molecule has 0 saturated carbocycles. The molecule has 0 bridgehead atoms. The first kappa shape index (κ1) is 19.3. The Kier molecular flexibility index (Phi) is 6.21. The van der Waals surface area contributed by atoms with Crippen LogP contribution in [0.5, 0.6) is 5.75 Å². The molecule has 1 unspecified atom stereocenters. The van der Waals surface area contributed by atoms with Crippen LogP contribution in [0.3, 0.4) is 0 Å². The molecule has 0 spiro atoms. The maximum Gasteiger partial charge on any atom is 0.324 e. The molecule has 28 heavy (non-hydrogen) atoms. The van der Waals surface area contributed by atoms with Gasteiger partial charge in [-0.2, -0.15) is 0 Å². The number of aromatic nitrogens is 1. The first-order chi connectivity index (χ1) is 13.6. The molecule has 0 aliphatic carbocycles. The summed E-state index contributed by atoms with van der Waals surface area (Å²) in [4.78, 5) is 42.0. The van der Waals surface area contributed by atoms with E-state index in [4.69, 9.17) is 4.74 Å². The van der Waals surface area contributed by atoms with Crippen LogP contribution in [0.15, 0.2) is 48.7 Å². The molecule has 3 rings (SSSR count). The van der Waals surface area contributed by atoms with E-state index < -0.39 is 12.1 Å². The van der Waals surface area contributed by atoms with Gasteiger partial charge < -0.3 is 15.4 Å². The van der Waals surface area contributed by atoms with E-state index in [0.717, 1.165) is 21.9 Å². The van der Waals surface area contributed by atoms with Gasteiger partial charge in [-0.1, -0.05) is 18.2 Å². The van der Waals surface area contributed by atoms with Gasteiger partial charge in [-0.25, -0.2) is 4.79 Å². The molecule has 1 atom stereocenters. The van der Waals surface area contributed by atoms with Crippen molar-refractivity contribution in [2.75, 3.05) is 13.7 Å². The fraction of sp³-hybridized carbons (Fsp3) is 0.300. The summed E-state index contributed by atoms with van der Waals surface area (Å²) in [5.41, 5.74) is 1.71. The van der Waals surface area contributed by atoms with E-state index in [1.54, 1.807) is 25.4 Å². The molecule has 8 nitrogen and oxygen atoms in total. The second-order valence-corrected chi connectivity index (χ2v) is 6.39. The third-order valence-electron chi connectivity index (χ3n) is 4.47. The maximum atomic E-state index is 12.5. The lowest BCUT2D eigenvalue weighted by Crippen LogP contribution is -2.36. The average molecular weight is 382 g/mol. The number of benzene rings is 1. The van der Waals surface area contributed by atoms with E-state index >= 15 is 0 Å². The third-order valence-corrected chi connectivity index (χ3v) is 4.47. The van der Waals surface area contributed by atoms with Crippen LogP contribution in [-0.2, 0) is 22.6 Å². The molecule has 2 N–H and O–H groups in total. The van der Waals surface area contributed by atoms with E-state index in [9.17, 15) is 14.4 Å². The Morgan fingerprint density at radius 2 is 2.00 bits per heavy atom. The van der Waals surface area contributed by atoms with E-state index in [2.05, 4.69) is 15.6 Å². The fourth-order valence-corrected chi connectivity index (χ4v) is 2.91. The summed E-state index contributed by atoms with van der Waals surface area (Å²) < 4.78 is 5.11. The van der Waals surface area contributed by atoms with Crippen molar-refractivity contribution in [3.63, 3.8) is 0 Å². The Bertz CT molecular complexity index is 839. The maximum absolute atomic E-state index is 12.5. The zero-order chi connectivity index (χ0) is 19.9. The predicted molar refractivity (Wildman–Crippen MR) is 101 cm³/mol. The summed E-state index contributed by atoms with van der Waals surface area (Å²) in [6.07, 6.45) is 2.07. The summed E-state index contributed by atoms with van der Waals surface area (Å²) in [6, 6.07) is 11.5. The molecule has 1 aromatic carbocycles. The van der Waals surface area contributed by atoms with Gasteiger partial charge in [0.2, 0.25) is 5.91 Å². The van der Waals surface area contributed by atoms with Crippen LogP contribution in [0.1, 0.15) is 17.7 Å². The number of imide groups is 1. The number of methoxy groups -OCH3 is 1. The highest BCUT2D eigenvalue weighted by atomic mass is 16.5. The van der Waals surface area contributed by atoms with Crippen molar-refractivity contribution < 1.29 is 19.1 Å². The van der Waals surface area contributed by atoms with Crippen molar-refractivity contribution >= 4 is 17.8 Å².